The molecule has 0 N–H and O–H groups in total. The zero-order valence-corrected chi connectivity index (χ0v) is 14.0. The number of carbonyl (C=O) groups excluding carboxylic acids is 1. The van der Waals surface area contributed by atoms with Gasteiger partial charge in [-0.3, -0.25) is 9.69 Å². The lowest BCUT2D eigenvalue weighted by Gasteiger charge is -2.47. The largest absolute Gasteiger partial charge is 0.339 e. The number of amides is 1. The van der Waals surface area contributed by atoms with Crippen molar-refractivity contribution >= 4 is 5.91 Å². The van der Waals surface area contributed by atoms with E-state index in [1.54, 1.807) is 0 Å². The Kier molecular flexibility index (Phi) is 4.35. The normalized spacial score (nSPS) is 18.1. The molecule has 1 saturated heterocycles. The summed E-state index contributed by atoms with van der Waals surface area (Å²) in [7, 11) is 0. The van der Waals surface area contributed by atoms with Crippen LogP contribution in [0.25, 0.3) is 0 Å². The van der Waals surface area contributed by atoms with E-state index in [-0.39, 0.29) is 0 Å². The molecule has 0 aromatic heterocycles. The summed E-state index contributed by atoms with van der Waals surface area (Å²) in [4.78, 5) is 16.9. The number of carbonyl (C=O) groups is 1. The van der Waals surface area contributed by atoms with Crippen molar-refractivity contribution in [3.63, 3.8) is 0 Å². The quantitative estimate of drug-likeness (QED) is 0.865. The third kappa shape index (κ3) is 3.22. The fourth-order valence-corrected chi connectivity index (χ4v) is 3.77. The van der Waals surface area contributed by atoms with Crippen LogP contribution in [0.1, 0.15) is 23.1 Å². The Bertz CT molecular complexity index is 707. The Morgan fingerprint density at radius 2 is 1.67 bits per heavy atom. The van der Waals surface area contributed by atoms with Gasteiger partial charge in [0.15, 0.2) is 0 Å². The molecule has 1 amide bonds. The first-order chi connectivity index (χ1) is 11.8. The molecule has 1 fully saturated rings. The lowest BCUT2D eigenvalue weighted by Crippen LogP contribution is -2.61. The highest BCUT2D eigenvalue weighted by Crippen LogP contribution is 2.24. The number of hydrogen-bond donors (Lipinski definition) is 0. The maximum absolute atomic E-state index is 12.3. The molecule has 0 aliphatic carbocycles. The second kappa shape index (κ2) is 6.78. The van der Waals surface area contributed by atoms with E-state index in [1.165, 1.54) is 16.7 Å². The Morgan fingerprint density at radius 3 is 2.46 bits per heavy atom. The van der Waals surface area contributed by atoms with Gasteiger partial charge in [-0.2, -0.15) is 0 Å². The molecule has 2 aromatic rings. The number of hydrogen-bond acceptors (Lipinski definition) is 2. The Labute approximate surface area is 143 Å². The van der Waals surface area contributed by atoms with Crippen molar-refractivity contribution in [3.05, 3.63) is 71.3 Å². The molecule has 0 atom stereocenters. The molecule has 24 heavy (non-hydrogen) atoms. The van der Waals surface area contributed by atoms with Gasteiger partial charge in [0.2, 0.25) is 5.91 Å². The third-order valence-electron chi connectivity index (χ3n) is 5.36. The molecule has 2 heterocycles. The minimum Gasteiger partial charge on any atom is -0.339 e. The van der Waals surface area contributed by atoms with Crippen LogP contribution in [0.5, 0.6) is 0 Å². The van der Waals surface area contributed by atoms with Crippen molar-refractivity contribution in [2.45, 2.75) is 31.8 Å². The van der Waals surface area contributed by atoms with E-state index in [9.17, 15) is 4.79 Å². The second-order valence-corrected chi connectivity index (χ2v) is 6.93. The van der Waals surface area contributed by atoms with Gasteiger partial charge in [-0.1, -0.05) is 54.6 Å². The topological polar surface area (TPSA) is 23.6 Å². The summed E-state index contributed by atoms with van der Waals surface area (Å²) in [6.45, 7) is 3.95. The number of benzene rings is 2. The SMILES string of the molecule is O=C(CCc1ccccc1)N1CC(N2CCc3ccccc3C2)C1. The van der Waals surface area contributed by atoms with Crippen molar-refractivity contribution in [2.75, 3.05) is 19.6 Å². The minimum absolute atomic E-state index is 0.299. The van der Waals surface area contributed by atoms with Crippen LogP contribution < -0.4 is 0 Å². The van der Waals surface area contributed by atoms with Gasteiger partial charge < -0.3 is 4.90 Å². The predicted octanol–water partition coefficient (Wildman–Crippen LogP) is 2.89. The second-order valence-electron chi connectivity index (χ2n) is 6.93. The molecule has 0 saturated carbocycles. The summed E-state index contributed by atoms with van der Waals surface area (Å²) in [6, 6.07) is 19.6. The number of rotatable bonds is 4. The fraction of sp³-hybridized carbons (Fsp3) is 0.381. The van der Waals surface area contributed by atoms with Crippen LogP contribution in [-0.2, 0) is 24.2 Å². The highest BCUT2D eigenvalue weighted by atomic mass is 16.2. The summed E-state index contributed by atoms with van der Waals surface area (Å²) in [6.07, 6.45) is 2.60. The van der Waals surface area contributed by atoms with Gasteiger partial charge >= 0.3 is 0 Å². The monoisotopic (exact) mass is 320 g/mol. The zero-order valence-electron chi connectivity index (χ0n) is 14.0. The lowest BCUT2D eigenvalue weighted by atomic mass is 9.96. The summed E-state index contributed by atoms with van der Waals surface area (Å²) < 4.78 is 0. The van der Waals surface area contributed by atoms with Gasteiger partial charge in [-0.05, 0) is 29.5 Å². The standard InChI is InChI=1S/C21H24N2O/c24-21(11-10-17-6-2-1-3-7-17)23-15-20(16-23)22-13-12-18-8-4-5-9-19(18)14-22/h1-9,20H,10-16H2. The molecule has 4 rings (SSSR count). The van der Waals surface area contributed by atoms with E-state index >= 15 is 0 Å². The molecule has 0 unspecified atom stereocenters. The van der Waals surface area contributed by atoms with E-state index in [2.05, 4.69) is 41.3 Å². The first-order valence-corrected chi connectivity index (χ1v) is 8.92. The Balaban J connectivity index is 1.25. The molecule has 124 valence electrons. The number of aryl methyl sites for hydroxylation is 1. The van der Waals surface area contributed by atoms with Crippen LogP contribution >= 0.6 is 0 Å². The third-order valence-corrected chi connectivity index (χ3v) is 5.36. The van der Waals surface area contributed by atoms with Gasteiger partial charge in [0, 0.05) is 38.6 Å². The van der Waals surface area contributed by atoms with E-state index in [0.29, 0.717) is 18.4 Å². The van der Waals surface area contributed by atoms with Crippen LogP contribution in [-0.4, -0.2) is 41.4 Å². The van der Waals surface area contributed by atoms with E-state index in [4.69, 9.17) is 0 Å². The molecule has 2 aliphatic rings. The first-order valence-electron chi connectivity index (χ1n) is 8.92. The van der Waals surface area contributed by atoms with Gasteiger partial charge in [-0.25, -0.2) is 0 Å². The van der Waals surface area contributed by atoms with Crippen molar-refractivity contribution in [1.82, 2.24) is 9.80 Å². The summed E-state index contributed by atoms with van der Waals surface area (Å²) in [5.41, 5.74) is 4.19. The highest BCUT2D eigenvalue weighted by Gasteiger charge is 2.35. The molecular weight excluding hydrogens is 296 g/mol. The van der Waals surface area contributed by atoms with Crippen molar-refractivity contribution in [3.8, 4) is 0 Å². The van der Waals surface area contributed by atoms with Crippen LogP contribution in [0, 0.1) is 0 Å². The Morgan fingerprint density at radius 1 is 0.958 bits per heavy atom. The van der Waals surface area contributed by atoms with Gasteiger partial charge in [0.05, 0.1) is 0 Å². The van der Waals surface area contributed by atoms with Crippen molar-refractivity contribution in [2.24, 2.45) is 0 Å². The average molecular weight is 320 g/mol. The number of likely N-dealkylation sites (tertiary alicyclic amines) is 1. The maximum atomic E-state index is 12.3. The van der Waals surface area contributed by atoms with Crippen LogP contribution in [0.15, 0.2) is 54.6 Å². The lowest BCUT2D eigenvalue weighted by molar-refractivity contribution is -0.138. The van der Waals surface area contributed by atoms with E-state index in [1.807, 2.05) is 23.1 Å². The molecule has 0 bridgehead atoms. The molecule has 3 heteroatoms. The highest BCUT2D eigenvalue weighted by molar-refractivity contribution is 5.77. The van der Waals surface area contributed by atoms with Gasteiger partial charge in [0.1, 0.15) is 0 Å². The average Bonchev–Trinajstić information content (AvgIpc) is 2.59. The molecule has 2 aliphatic heterocycles. The molecule has 2 aromatic carbocycles. The maximum Gasteiger partial charge on any atom is 0.223 e. The van der Waals surface area contributed by atoms with Crippen LogP contribution in [0.4, 0.5) is 0 Å². The van der Waals surface area contributed by atoms with E-state index in [0.717, 1.165) is 39.0 Å². The predicted molar refractivity (Wildman–Crippen MR) is 95.7 cm³/mol. The summed E-state index contributed by atoms with van der Waals surface area (Å²) in [5.74, 6) is 0.299. The molecule has 0 radical (unpaired) electrons. The van der Waals surface area contributed by atoms with Crippen molar-refractivity contribution < 1.29 is 4.79 Å². The Hall–Kier alpha value is -2.13. The molecular formula is C21H24N2O. The molecule has 3 nitrogen and oxygen atoms in total. The minimum atomic E-state index is 0.299. The van der Waals surface area contributed by atoms with Crippen LogP contribution in [0.3, 0.4) is 0 Å². The smallest absolute Gasteiger partial charge is 0.223 e. The van der Waals surface area contributed by atoms with Gasteiger partial charge in [0.25, 0.3) is 0 Å². The molecule has 0 spiro atoms. The van der Waals surface area contributed by atoms with E-state index < -0.39 is 0 Å². The van der Waals surface area contributed by atoms with Gasteiger partial charge in [-0.15, -0.1) is 0 Å². The zero-order chi connectivity index (χ0) is 16.4. The summed E-state index contributed by atoms with van der Waals surface area (Å²) in [5, 5.41) is 0. The van der Waals surface area contributed by atoms with Crippen LogP contribution in [0.2, 0.25) is 0 Å². The first kappa shape index (κ1) is 15.4. The fourth-order valence-electron chi connectivity index (χ4n) is 3.77. The number of nitrogens with zero attached hydrogens (tertiary/aromatic N) is 2. The van der Waals surface area contributed by atoms with Crippen molar-refractivity contribution in [1.29, 1.82) is 0 Å². The number of fused-ring (bicyclic) bond motifs is 1. The summed E-state index contributed by atoms with van der Waals surface area (Å²) >= 11 is 0.